The highest BCUT2D eigenvalue weighted by molar-refractivity contribution is 14.0. The van der Waals surface area contributed by atoms with E-state index >= 15 is 0 Å². The molecule has 2 N–H and O–H groups in total. The van der Waals surface area contributed by atoms with Crippen molar-refractivity contribution in [2.75, 3.05) is 27.9 Å². The number of carbonyl (C=O) groups is 1. The maximum Gasteiger partial charge on any atom is 0.341 e. The molecular weight excluding hydrogens is 509 g/mol. The van der Waals surface area contributed by atoms with Gasteiger partial charge in [0, 0.05) is 25.7 Å². The van der Waals surface area contributed by atoms with Crippen molar-refractivity contribution in [3.63, 3.8) is 0 Å². The minimum atomic E-state index is -0.431. The predicted octanol–water partition coefficient (Wildman–Crippen LogP) is 3.75. The highest BCUT2D eigenvalue weighted by Gasteiger charge is 2.22. The molecule has 0 saturated heterocycles. The Labute approximate surface area is 200 Å². The van der Waals surface area contributed by atoms with Crippen LogP contribution in [0.3, 0.4) is 0 Å². The quantitative estimate of drug-likeness (QED) is 0.219. The fourth-order valence-electron chi connectivity index (χ4n) is 3.00. The summed E-state index contributed by atoms with van der Waals surface area (Å²) in [4.78, 5) is 16.2. The van der Waals surface area contributed by atoms with Crippen molar-refractivity contribution < 1.29 is 19.0 Å². The number of ether oxygens (including phenoxy) is 3. The van der Waals surface area contributed by atoms with E-state index < -0.39 is 5.97 Å². The third-order valence-electron chi connectivity index (χ3n) is 4.94. The molecule has 0 aromatic heterocycles. The molecule has 0 unspecified atom stereocenters. The van der Waals surface area contributed by atoms with E-state index in [0.717, 1.165) is 23.5 Å². The van der Waals surface area contributed by atoms with Gasteiger partial charge in [-0.2, -0.15) is 0 Å². The van der Waals surface area contributed by atoms with Crippen LogP contribution in [-0.2, 0) is 17.8 Å². The van der Waals surface area contributed by atoms with E-state index in [1.165, 1.54) is 27.1 Å². The molecule has 0 aliphatic heterocycles. The standard InChI is InChI=1S/C23H29N3O4.HI/c1-24-23(25-13-17-10-11-21(28-2)19(12-17)22(27)29-3)26-14-18-6-4-5-7-20(18)30-15-16-8-9-16;/h4-7,10-12,16H,8-9,13-15H2,1-3H3,(H2,24,25,26);1H. The number of hydrogen-bond donors (Lipinski definition) is 2. The summed E-state index contributed by atoms with van der Waals surface area (Å²) in [5, 5.41) is 6.58. The van der Waals surface area contributed by atoms with Crippen molar-refractivity contribution in [2.24, 2.45) is 10.9 Å². The molecule has 8 heteroatoms. The normalized spacial score (nSPS) is 13.1. The topological polar surface area (TPSA) is 81.2 Å². The van der Waals surface area contributed by atoms with Crippen molar-refractivity contribution in [1.29, 1.82) is 0 Å². The molecular formula is C23H30IN3O4. The molecule has 1 aliphatic rings. The third kappa shape index (κ3) is 7.30. The van der Waals surface area contributed by atoms with Crippen molar-refractivity contribution in [1.82, 2.24) is 10.6 Å². The van der Waals surface area contributed by atoms with Crippen LogP contribution in [0.2, 0.25) is 0 Å². The van der Waals surface area contributed by atoms with Crippen molar-refractivity contribution in [3.05, 3.63) is 59.2 Å². The van der Waals surface area contributed by atoms with Gasteiger partial charge in [-0.25, -0.2) is 4.79 Å². The van der Waals surface area contributed by atoms with Crippen LogP contribution in [0, 0.1) is 5.92 Å². The molecule has 0 radical (unpaired) electrons. The van der Waals surface area contributed by atoms with Gasteiger partial charge in [-0.05, 0) is 42.5 Å². The third-order valence-corrected chi connectivity index (χ3v) is 4.94. The number of rotatable bonds is 9. The minimum absolute atomic E-state index is 0. The number of carbonyl (C=O) groups excluding carboxylic acids is 1. The van der Waals surface area contributed by atoms with E-state index in [0.29, 0.717) is 36.3 Å². The number of aliphatic imine (C=N–C) groups is 1. The summed E-state index contributed by atoms with van der Waals surface area (Å²) in [6, 6.07) is 13.5. The first-order valence-electron chi connectivity index (χ1n) is 10.0. The van der Waals surface area contributed by atoms with Gasteiger partial charge in [-0.1, -0.05) is 24.3 Å². The molecule has 0 amide bonds. The molecule has 3 rings (SSSR count). The molecule has 0 bridgehead atoms. The predicted molar refractivity (Wildman–Crippen MR) is 131 cm³/mol. The maximum atomic E-state index is 12.0. The molecule has 1 saturated carbocycles. The summed E-state index contributed by atoms with van der Waals surface area (Å²) in [5.41, 5.74) is 2.38. The van der Waals surface area contributed by atoms with E-state index in [9.17, 15) is 4.79 Å². The Bertz CT molecular complexity index is 900. The van der Waals surface area contributed by atoms with Gasteiger partial charge in [-0.3, -0.25) is 4.99 Å². The van der Waals surface area contributed by atoms with Gasteiger partial charge in [0.15, 0.2) is 5.96 Å². The highest BCUT2D eigenvalue weighted by atomic mass is 127. The van der Waals surface area contributed by atoms with Crippen LogP contribution < -0.4 is 20.1 Å². The number of hydrogen-bond acceptors (Lipinski definition) is 5. The lowest BCUT2D eigenvalue weighted by molar-refractivity contribution is 0.0597. The molecule has 2 aromatic rings. The summed E-state index contributed by atoms with van der Waals surface area (Å²) < 4.78 is 16.0. The number of nitrogens with zero attached hydrogens (tertiary/aromatic N) is 1. The summed E-state index contributed by atoms with van der Waals surface area (Å²) in [6.45, 7) is 1.87. The number of halogens is 1. The molecule has 7 nitrogen and oxygen atoms in total. The highest BCUT2D eigenvalue weighted by Crippen LogP contribution is 2.30. The van der Waals surface area contributed by atoms with Crippen LogP contribution in [-0.4, -0.2) is 39.8 Å². The summed E-state index contributed by atoms with van der Waals surface area (Å²) in [6.07, 6.45) is 2.53. The second-order valence-electron chi connectivity index (χ2n) is 7.17. The average molecular weight is 539 g/mol. The number of nitrogens with one attached hydrogen (secondary N) is 2. The SMILES string of the molecule is CN=C(NCc1ccc(OC)c(C(=O)OC)c1)NCc1ccccc1OCC1CC1.I. The number of methoxy groups -OCH3 is 2. The van der Waals surface area contributed by atoms with Crippen molar-refractivity contribution in [2.45, 2.75) is 25.9 Å². The summed E-state index contributed by atoms with van der Waals surface area (Å²) in [5.74, 6) is 2.32. The molecule has 1 fully saturated rings. The molecule has 0 heterocycles. The molecule has 2 aromatic carbocycles. The van der Waals surface area contributed by atoms with Gasteiger partial charge in [0.25, 0.3) is 0 Å². The molecule has 0 spiro atoms. The molecule has 0 atom stereocenters. The average Bonchev–Trinajstić information content (AvgIpc) is 3.62. The first-order valence-corrected chi connectivity index (χ1v) is 10.0. The monoisotopic (exact) mass is 539 g/mol. The smallest absolute Gasteiger partial charge is 0.341 e. The van der Waals surface area contributed by atoms with Gasteiger partial charge in [-0.15, -0.1) is 24.0 Å². The first-order chi connectivity index (χ1) is 14.6. The Hall–Kier alpha value is -2.49. The van der Waals surface area contributed by atoms with E-state index in [1.54, 1.807) is 19.2 Å². The van der Waals surface area contributed by atoms with E-state index in [2.05, 4.69) is 21.7 Å². The van der Waals surface area contributed by atoms with Crippen LogP contribution in [0.15, 0.2) is 47.5 Å². The van der Waals surface area contributed by atoms with Gasteiger partial charge in [0.2, 0.25) is 0 Å². The lowest BCUT2D eigenvalue weighted by Crippen LogP contribution is -2.36. The summed E-state index contributed by atoms with van der Waals surface area (Å²) in [7, 11) is 4.60. The zero-order valence-electron chi connectivity index (χ0n) is 18.1. The zero-order valence-corrected chi connectivity index (χ0v) is 20.5. The van der Waals surface area contributed by atoms with Gasteiger partial charge in [0.05, 0.1) is 20.8 Å². The van der Waals surface area contributed by atoms with Crippen molar-refractivity contribution in [3.8, 4) is 11.5 Å². The van der Waals surface area contributed by atoms with Crippen LogP contribution in [0.5, 0.6) is 11.5 Å². The number of esters is 1. The van der Waals surface area contributed by atoms with Crippen LogP contribution >= 0.6 is 24.0 Å². The van der Waals surface area contributed by atoms with Crippen LogP contribution in [0.1, 0.15) is 34.3 Å². The Kier molecular flexibility index (Phi) is 9.90. The van der Waals surface area contributed by atoms with Gasteiger partial charge < -0.3 is 24.8 Å². The van der Waals surface area contributed by atoms with E-state index in [4.69, 9.17) is 14.2 Å². The minimum Gasteiger partial charge on any atom is -0.496 e. The number of benzene rings is 2. The molecule has 168 valence electrons. The Morgan fingerprint density at radius 3 is 2.48 bits per heavy atom. The Morgan fingerprint density at radius 2 is 1.81 bits per heavy atom. The second-order valence-corrected chi connectivity index (χ2v) is 7.17. The first kappa shape index (κ1) is 24.8. The zero-order chi connectivity index (χ0) is 21.3. The summed E-state index contributed by atoms with van der Waals surface area (Å²) >= 11 is 0. The molecule has 31 heavy (non-hydrogen) atoms. The van der Waals surface area contributed by atoms with Crippen molar-refractivity contribution >= 4 is 35.9 Å². The number of para-hydroxylation sites is 1. The van der Waals surface area contributed by atoms with E-state index in [-0.39, 0.29) is 24.0 Å². The fourth-order valence-corrected chi connectivity index (χ4v) is 3.00. The molecule has 1 aliphatic carbocycles. The van der Waals surface area contributed by atoms with Gasteiger partial charge >= 0.3 is 5.97 Å². The lowest BCUT2D eigenvalue weighted by Gasteiger charge is -2.15. The lowest BCUT2D eigenvalue weighted by atomic mass is 10.1. The van der Waals surface area contributed by atoms with Crippen LogP contribution in [0.4, 0.5) is 0 Å². The Balaban J connectivity index is 0.00000341. The van der Waals surface area contributed by atoms with Gasteiger partial charge in [0.1, 0.15) is 17.1 Å². The maximum absolute atomic E-state index is 12.0. The largest absolute Gasteiger partial charge is 0.496 e. The van der Waals surface area contributed by atoms with Crippen LogP contribution in [0.25, 0.3) is 0 Å². The second kappa shape index (κ2) is 12.4. The number of guanidine groups is 1. The van der Waals surface area contributed by atoms with E-state index in [1.807, 2.05) is 24.3 Å². The Morgan fingerprint density at radius 1 is 1.06 bits per heavy atom. The fraction of sp³-hybridized carbons (Fsp3) is 0.391.